The van der Waals surface area contributed by atoms with E-state index in [-0.39, 0.29) is 22.4 Å². The van der Waals surface area contributed by atoms with Crippen molar-refractivity contribution < 1.29 is 13.2 Å². The molecule has 0 saturated heterocycles. The van der Waals surface area contributed by atoms with Crippen molar-refractivity contribution in [3.8, 4) is 6.07 Å². The lowest BCUT2D eigenvalue weighted by Crippen LogP contribution is -2.14. The van der Waals surface area contributed by atoms with E-state index in [1.165, 1.54) is 29.8 Å². The standard InChI is InChI=1S/C13H13N5O3S2/c14-8-2-1-3-12(19)16-10-4-6-11(7-5-10)23(20,21)18-13-17-15-9-22-13/h4-7,9H,1-3H2,(H,16,19)(H,17,18). The van der Waals surface area contributed by atoms with Crippen LogP contribution in [0.1, 0.15) is 19.3 Å². The summed E-state index contributed by atoms with van der Waals surface area (Å²) in [6, 6.07) is 7.73. The van der Waals surface area contributed by atoms with Crippen LogP contribution in [0.25, 0.3) is 0 Å². The largest absolute Gasteiger partial charge is 0.326 e. The van der Waals surface area contributed by atoms with Crippen LogP contribution >= 0.6 is 11.3 Å². The van der Waals surface area contributed by atoms with Gasteiger partial charge in [0, 0.05) is 18.5 Å². The number of carbonyl (C=O) groups is 1. The van der Waals surface area contributed by atoms with Crippen molar-refractivity contribution in [2.45, 2.75) is 24.2 Å². The number of sulfonamides is 1. The van der Waals surface area contributed by atoms with E-state index in [2.05, 4.69) is 20.2 Å². The molecule has 2 N–H and O–H groups in total. The van der Waals surface area contributed by atoms with Gasteiger partial charge >= 0.3 is 0 Å². The number of rotatable bonds is 7. The van der Waals surface area contributed by atoms with Gasteiger partial charge in [-0.2, -0.15) is 5.26 Å². The highest BCUT2D eigenvalue weighted by atomic mass is 32.2. The number of amides is 1. The number of aromatic nitrogens is 2. The Morgan fingerprint density at radius 2 is 2.04 bits per heavy atom. The van der Waals surface area contributed by atoms with Crippen LogP contribution in [0.4, 0.5) is 10.8 Å². The number of nitrogens with one attached hydrogen (secondary N) is 2. The molecule has 2 aromatic rings. The van der Waals surface area contributed by atoms with Crippen LogP contribution in [-0.4, -0.2) is 24.5 Å². The minimum Gasteiger partial charge on any atom is -0.326 e. The zero-order valence-electron chi connectivity index (χ0n) is 11.9. The molecule has 0 aliphatic rings. The Kier molecular flexibility index (Phi) is 5.61. The van der Waals surface area contributed by atoms with Crippen molar-refractivity contribution in [3.63, 3.8) is 0 Å². The molecule has 0 unspecified atom stereocenters. The summed E-state index contributed by atoms with van der Waals surface area (Å²) in [4.78, 5) is 11.7. The fraction of sp³-hybridized carbons (Fsp3) is 0.231. The highest BCUT2D eigenvalue weighted by Gasteiger charge is 2.15. The van der Waals surface area contributed by atoms with Gasteiger partial charge in [0.15, 0.2) is 0 Å². The smallest absolute Gasteiger partial charge is 0.263 e. The quantitative estimate of drug-likeness (QED) is 0.735. The second-order valence-corrected chi connectivity index (χ2v) is 6.95. The van der Waals surface area contributed by atoms with Gasteiger partial charge in [0.05, 0.1) is 11.0 Å². The van der Waals surface area contributed by atoms with Crippen LogP contribution in [-0.2, 0) is 14.8 Å². The monoisotopic (exact) mass is 351 g/mol. The first-order chi connectivity index (χ1) is 11.0. The zero-order valence-corrected chi connectivity index (χ0v) is 13.5. The average Bonchev–Trinajstić information content (AvgIpc) is 3.00. The second kappa shape index (κ2) is 7.66. The third kappa shape index (κ3) is 5.01. The Morgan fingerprint density at radius 3 is 2.65 bits per heavy atom. The molecule has 0 aliphatic heterocycles. The summed E-state index contributed by atoms with van der Waals surface area (Å²) in [6.07, 6.45) is 1.05. The van der Waals surface area contributed by atoms with E-state index >= 15 is 0 Å². The molecular weight excluding hydrogens is 338 g/mol. The first-order valence-electron chi connectivity index (χ1n) is 6.57. The molecule has 1 amide bonds. The molecule has 8 nitrogen and oxygen atoms in total. The highest BCUT2D eigenvalue weighted by molar-refractivity contribution is 7.93. The third-order valence-corrected chi connectivity index (χ3v) is 4.81. The maximum Gasteiger partial charge on any atom is 0.263 e. The molecule has 1 aromatic carbocycles. The fourth-order valence-corrected chi connectivity index (χ4v) is 3.35. The van der Waals surface area contributed by atoms with Gasteiger partial charge in [-0.25, -0.2) is 8.42 Å². The first-order valence-corrected chi connectivity index (χ1v) is 8.93. The van der Waals surface area contributed by atoms with E-state index in [4.69, 9.17) is 5.26 Å². The van der Waals surface area contributed by atoms with Gasteiger partial charge < -0.3 is 5.32 Å². The molecular formula is C13H13N5O3S2. The van der Waals surface area contributed by atoms with Gasteiger partial charge in [0.2, 0.25) is 11.0 Å². The van der Waals surface area contributed by atoms with Gasteiger partial charge in [-0.05, 0) is 30.7 Å². The number of anilines is 2. The molecule has 1 heterocycles. The van der Waals surface area contributed by atoms with Crippen molar-refractivity contribution >= 4 is 38.1 Å². The van der Waals surface area contributed by atoms with Crippen molar-refractivity contribution in [3.05, 3.63) is 29.8 Å². The first kappa shape index (κ1) is 16.9. The number of hydrogen-bond donors (Lipinski definition) is 2. The Balaban J connectivity index is 1.99. The van der Waals surface area contributed by atoms with E-state index in [0.29, 0.717) is 18.5 Å². The number of nitrogens with zero attached hydrogens (tertiary/aromatic N) is 3. The maximum atomic E-state index is 12.1. The number of hydrogen-bond acceptors (Lipinski definition) is 7. The normalized spacial score (nSPS) is 10.7. The third-order valence-electron chi connectivity index (χ3n) is 2.72. The fourth-order valence-electron chi connectivity index (χ4n) is 1.66. The molecule has 0 radical (unpaired) electrons. The van der Waals surface area contributed by atoms with Gasteiger partial charge in [-0.1, -0.05) is 11.3 Å². The van der Waals surface area contributed by atoms with Crippen molar-refractivity contribution in [1.29, 1.82) is 5.26 Å². The summed E-state index contributed by atoms with van der Waals surface area (Å²) >= 11 is 1.07. The minimum absolute atomic E-state index is 0.0511. The van der Waals surface area contributed by atoms with E-state index in [0.717, 1.165) is 11.3 Å². The highest BCUT2D eigenvalue weighted by Crippen LogP contribution is 2.19. The molecule has 1 aromatic heterocycles. The molecule has 0 fully saturated rings. The Bertz CT molecular complexity index is 795. The molecule has 10 heteroatoms. The Labute approximate surface area is 137 Å². The molecule has 0 aliphatic carbocycles. The van der Waals surface area contributed by atoms with Crippen LogP contribution in [0, 0.1) is 11.3 Å². The molecule has 0 atom stereocenters. The summed E-state index contributed by atoms with van der Waals surface area (Å²) in [5.41, 5.74) is 1.91. The predicted molar refractivity (Wildman–Crippen MR) is 85.3 cm³/mol. The Morgan fingerprint density at radius 1 is 1.30 bits per heavy atom. The second-order valence-electron chi connectivity index (χ2n) is 4.43. The van der Waals surface area contributed by atoms with Crippen molar-refractivity contribution in [2.75, 3.05) is 10.0 Å². The molecule has 0 bridgehead atoms. The lowest BCUT2D eigenvalue weighted by atomic mass is 10.2. The number of carbonyl (C=O) groups excluding carboxylic acids is 1. The summed E-state index contributed by atoms with van der Waals surface area (Å²) in [5.74, 6) is -0.220. The summed E-state index contributed by atoms with van der Waals surface area (Å²) < 4.78 is 26.5. The van der Waals surface area contributed by atoms with E-state index in [9.17, 15) is 13.2 Å². The van der Waals surface area contributed by atoms with E-state index < -0.39 is 10.0 Å². The molecule has 120 valence electrons. The van der Waals surface area contributed by atoms with Crippen molar-refractivity contribution in [1.82, 2.24) is 10.2 Å². The van der Waals surface area contributed by atoms with E-state index in [1.807, 2.05) is 6.07 Å². The number of unbranched alkanes of at least 4 members (excludes halogenated alkanes) is 1. The van der Waals surface area contributed by atoms with E-state index in [1.54, 1.807) is 0 Å². The van der Waals surface area contributed by atoms with Crippen LogP contribution in [0.3, 0.4) is 0 Å². The minimum atomic E-state index is -3.74. The summed E-state index contributed by atoms with van der Waals surface area (Å²) in [7, 11) is -3.74. The van der Waals surface area contributed by atoms with Crippen LogP contribution < -0.4 is 10.0 Å². The predicted octanol–water partition coefficient (Wildman–Crippen LogP) is 1.97. The number of nitriles is 1. The SMILES string of the molecule is N#CCCCC(=O)Nc1ccc(S(=O)(=O)Nc2nncs2)cc1. The van der Waals surface area contributed by atoms with Gasteiger partial charge in [-0.15, -0.1) is 10.2 Å². The average molecular weight is 351 g/mol. The van der Waals surface area contributed by atoms with Crippen LogP contribution in [0.15, 0.2) is 34.7 Å². The van der Waals surface area contributed by atoms with Crippen LogP contribution in [0.5, 0.6) is 0 Å². The van der Waals surface area contributed by atoms with Crippen molar-refractivity contribution in [2.24, 2.45) is 0 Å². The van der Waals surface area contributed by atoms with Crippen LogP contribution in [0.2, 0.25) is 0 Å². The van der Waals surface area contributed by atoms with Gasteiger partial charge in [0.25, 0.3) is 10.0 Å². The summed E-state index contributed by atoms with van der Waals surface area (Å²) in [5, 5.41) is 18.4. The van der Waals surface area contributed by atoms with Gasteiger partial charge in [0.1, 0.15) is 5.51 Å². The summed E-state index contributed by atoms with van der Waals surface area (Å²) in [6.45, 7) is 0. The molecule has 0 spiro atoms. The lowest BCUT2D eigenvalue weighted by molar-refractivity contribution is -0.116. The molecule has 0 saturated carbocycles. The molecule has 23 heavy (non-hydrogen) atoms. The lowest BCUT2D eigenvalue weighted by Gasteiger charge is -2.07. The number of benzene rings is 1. The maximum absolute atomic E-state index is 12.1. The Hall–Kier alpha value is -2.51. The zero-order chi connectivity index (χ0) is 16.7. The van der Waals surface area contributed by atoms with Gasteiger partial charge in [-0.3, -0.25) is 9.52 Å². The molecule has 2 rings (SSSR count). The topological polar surface area (TPSA) is 125 Å².